The molecule has 1 aromatic carbocycles. The van der Waals surface area contributed by atoms with Crippen molar-refractivity contribution in [2.24, 2.45) is 5.73 Å². The van der Waals surface area contributed by atoms with Crippen LogP contribution in [-0.4, -0.2) is 26.4 Å². The van der Waals surface area contributed by atoms with Crippen LogP contribution in [0.15, 0.2) is 41.4 Å². The monoisotopic (exact) mass is 281 g/mol. The fourth-order valence-corrected chi connectivity index (χ4v) is 4.75. The summed E-state index contributed by atoms with van der Waals surface area (Å²) in [7, 11) is -3.56. The minimum Gasteiger partial charge on any atom is -0.401 e. The lowest BCUT2D eigenvalue weighted by Gasteiger charge is -2.36. The van der Waals surface area contributed by atoms with E-state index in [2.05, 4.69) is 6.58 Å². The summed E-state index contributed by atoms with van der Waals surface area (Å²) < 4.78 is 30.1. The third-order valence-corrected chi connectivity index (χ3v) is 6.52. The van der Waals surface area contributed by atoms with E-state index in [4.69, 9.17) is 10.5 Å². The van der Waals surface area contributed by atoms with Crippen molar-refractivity contribution in [3.8, 4) is 0 Å². The van der Waals surface area contributed by atoms with E-state index in [1.54, 1.807) is 25.1 Å². The molecule has 1 aromatic rings. The van der Waals surface area contributed by atoms with E-state index in [1.165, 1.54) is 0 Å². The molecule has 0 atom stereocenters. The van der Waals surface area contributed by atoms with Crippen LogP contribution in [0.4, 0.5) is 0 Å². The number of ether oxygens (including phenoxy) is 1. The summed E-state index contributed by atoms with van der Waals surface area (Å²) >= 11 is 0. The third-order valence-electron chi connectivity index (χ3n) is 3.78. The maximum absolute atomic E-state index is 13.0. The van der Waals surface area contributed by atoms with Gasteiger partial charge in [-0.25, -0.2) is 8.42 Å². The molecule has 1 aliphatic rings. The number of nitrogens with two attached hydrogens (primary N) is 1. The van der Waals surface area contributed by atoms with Gasteiger partial charge in [0.15, 0.2) is 9.84 Å². The standard InChI is InChI=1S/C14H19NO3S/c1-11-5-3-4-6-13(11)19(16,17)14(12(2)15)7-9-18-10-8-14/h3-6H,2,7-10,15H2,1H3. The van der Waals surface area contributed by atoms with Crippen molar-refractivity contribution in [3.05, 3.63) is 42.1 Å². The highest BCUT2D eigenvalue weighted by Gasteiger charge is 2.47. The van der Waals surface area contributed by atoms with Gasteiger partial charge in [-0.1, -0.05) is 24.8 Å². The van der Waals surface area contributed by atoms with Crippen LogP contribution in [0.2, 0.25) is 0 Å². The molecule has 19 heavy (non-hydrogen) atoms. The average molecular weight is 281 g/mol. The summed E-state index contributed by atoms with van der Waals surface area (Å²) in [5.41, 5.74) is 6.79. The second-order valence-electron chi connectivity index (χ2n) is 4.90. The Balaban J connectivity index is 2.59. The van der Waals surface area contributed by atoms with Crippen molar-refractivity contribution in [2.45, 2.75) is 29.4 Å². The van der Waals surface area contributed by atoms with Gasteiger partial charge in [0.25, 0.3) is 0 Å². The van der Waals surface area contributed by atoms with Gasteiger partial charge in [-0.2, -0.15) is 0 Å². The molecule has 4 nitrogen and oxygen atoms in total. The van der Waals surface area contributed by atoms with Crippen LogP contribution in [0, 0.1) is 6.92 Å². The van der Waals surface area contributed by atoms with Crippen molar-refractivity contribution in [3.63, 3.8) is 0 Å². The Morgan fingerprint density at radius 2 is 1.89 bits per heavy atom. The zero-order valence-electron chi connectivity index (χ0n) is 11.1. The van der Waals surface area contributed by atoms with Gasteiger partial charge in [0.1, 0.15) is 4.75 Å². The lowest BCUT2D eigenvalue weighted by molar-refractivity contribution is 0.0823. The fourth-order valence-electron chi connectivity index (χ4n) is 2.53. The molecule has 1 fully saturated rings. The van der Waals surface area contributed by atoms with Gasteiger partial charge in [-0.05, 0) is 31.4 Å². The first kappa shape index (κ1) is 14.1. The van der Waals surface area contributed by atoms with Gasteiger partial charge in [-0.15, -0.1) is 0 Å². The molecule has 0 saturated carbocycles. The van der Waals surface area contributed by atoms with Gasteiger partial charge >= 0.3 is 0 Å². The van der Waals surface area contributed by atoms with Crippen molar-refractivity contribution < 1.29 is 13.2 Å². The first-order valence-electron chi connectivity index (χ1n) is 6.25. The van der Waals surface area contributed by atoms with Gasteiger partial charge in [0.05, 0.1) is 4.90 Å². The van der Waals surface area contributed by atoms with Gasteiger partial charge < -0.3 is 10.5 Å². The van der Waals surface area contributed by atoms with Crippen LogP contribution in [0.1, 0.15) is 18.4 Å². The first-order chi connectivity index (χ1) is 8.92. The maximum Gasteiger partial charge on any atom is 0.190 e. The molecule has 1 aliphatic heterocycles. The topological polar surface area (TPSA) is 69.4 Å². The van der Waals surface area contributed by atoms with Crippen LogP contribution in [0.3, 0.4) is 0 Å². The molecule has 1 heterocycles. The van der Waals surface area contributed by atoms with Crippen molar-refractivity contribution in [2.75, 3.05) is 13.2 Å². The summed E-state index contributed by atoms with van der Waals surface area (Å²) in [5.74, 6) is 0. The summed E-state index contributed by atoms with van der Waals surface area (Å²) in [5, 5.41) is 0. The predicted molar refractivity (Wildman–Crippen MR) is 74.5 cm³/mol. The van der Waals surface area contributed by atoms with Gasteiger partial charge in [-0.3, -0.25) is 0 Å². The number of sulfone groups is 1. The lowest BCUT2D eigenvalue weighted by atomic mass is 9.96. The van der Waals surface area contributed by atoms with E-state index < -0.39 is 14.6 Å². The molecule has 2 rings (SSSR count). The smallest absolute Gasteiger partial charge is 0.190 e. The molecular weight excluding hydrogens is 262 g/mol. The first-order valence-corrected chi connectivity index (χ1v) is 7.73. The SMILES string of the molecule is C=C(N)C1(S(=O)(=O)c2ccccc2C)CCOCC1. The minimum atomic E-state index is -3.56. The van der Waals surface area contributed by atoms with E-state index in [9.17, 15) is 8.42 Å². The molecule has 0 amide bonds. The van der Waals surface area contributed by atoms with Gasteiger partial charge in [0, 0.05) is 18.9 Å². The van der Waals surface area contributed by atoms with Crippen LogP contribution < -0.4 is 5.73 Å². The number of aryl methyl sites for hydroxylation is 1. The molecule has 0 unspecified atom stereocenters. The second-order valence-corrected chi connectivity index (χ2v) is 7.13. The van der Waals surface area contributed by atoms with E-state index in [0.29, 0.717) is 31.0 Å². The average Bonchev–Trinajstić information content (AvgIpc) is 2.39. The number of benzene rings is 1. The number of hydrogen-bond donors (Lipinski definition) is 1. The van der Waals surface area contributed by atoms with E-state index in [1.807, 2.05) is 6.07 Å². The molecule has 0 aliphatic carbocycles. The lowest BCUT2D eigenvalue weighted by Crippen LogP contribution is -2.47. The normalized spacial score (nSPS) is 19.0. The Kier molecular flexibility index (Phi) is 3.69. The Morgan fingerprint density at radius 3 is 2.42 bits per heavy atom. The zero-order valence-corrected chi connectivity index (χ0v) is 11.9. The fraction of sp³-hybridized carbons (Fsp3) is 0.429. The van der Waals surface area contributed by atoms with Crippen LogP contribution in [-0.2, 0) is 14.6 Å². The minimum absolute atomic E-state index is 0.207. The molecule has 1 saturated heterocycles. The summed E-state index contributed by atoms with van der Waals surface area (Å²) in [6.45, 7) is 6.29. The predicted octanol–water partition coefficient (Wildman–Crippen LogP) is 1.79. The molecular formula is C14H19NO3S. The van der Waals surface area contributed by atoms with Crippen molar-refractivity contribution >= 4 is 9.84 Å². The summed E-state index contributed by atoms with van der Waals surface area (Å²) in [4.78, 5) is 0.337. The number of hydrogen-bond acceptors (Lipinski definition) is 4. The van der Waals surface area contributed by atoms with Crippen LogP contribution in [0.5, 0.6) is 0 Å². The zero-order chi connectivity index (χ0) is 14.1. The Hall–Kier alpha value is -1.33. The van der Waals surface area contributed by atoms with Crippen molar-refractivity contribution in [1.82, 2.24) is 0 Å². The quantitative estimate of drug-likeness (QED) is 0.917. The Bertz CT molecular complexity index is 586. The maximum atomic E-state index is 13.0. The third kappa shape index (κ3) is 2.17. The van der Waals surface area contributed by atoms with Crippen LogP contribution >= 0.6 is 0 Å². The Morgan fingerprint density at radius 1 is 1.32 bits per heavy atom. The van der Waals surface area contributed by atoms with E-state index in [-0.39, 0.29) is 5.70 Å². The number of rotatable bonds is 3. The van der Waals surface area contributed by atoms with E-state index in [0.717, 1.165) is 5.56 Å². The summed E-state index contributed by atoms with van der Waals surface area (Å²) in [6.07, 6.45) is 0.720. The molecule has 2 N–H and O–H groups in total. The Labute approximate surface area is 114 Å². The molecule has 104 valence electrons. The second kappa shape index (κ2) is 4.98. The highest BCUT2D eigenvalue weighted by Crippen LogP contribution is 2.39. The molecule has 0 bridgehead atoms. The van der Waals surface area contributed by atoms with Crippen LogP contribution in [0.25, 0.3) is 0 Å². The highest BCUT2D eigenvalue weighted by molar-refractivity contribution is 7.93. The highest BCUT2D eigenvalue weighted by atomic mass is 32.2. The van der Waals surface area contributed by atoms with Crippen molar-refractivity contribution in [1.29, 1.82) is 0 Å². The molecule has 0 radical (unpaired) electrons. The molecule has 5 heteroatoms. The largest absolute Gasteiger partial charge is 0.401 e. The molecule has 0 aromatic heterocycles. The van der Waals surface area contributed by atoms with Gasteiger partial charge in [0.2, 0.25) is 0 Å². The summed E-state index contributed by atoms with van der Waals surface area (Å²) in [6, 6.07) is 6.97. The van der Waals surface area contributed by atoms with E-state index >= 15 is 0 Å². The molecule has 0 spiro atoms.